The zero-order valence-electron chi connectivity index (χ0n) is 32.5. The minimum absolute atomic E-state index is 0.594. The third-order valence-corrected chi connectivity index (χ3v) is 10.4. The predicted molar refractivity (Wildman–Crippen MR) is 242 cm³/mol. The summed E-state index contributed by atoms with van der Waals surface area (Å²) in [6.45, 7) is 0. The molecule has 0 bridgehead atoms. The van der Waals surface area contributed by atoms with Crippen LogP contribution in [0.2, 0.25) is 0 Å². The van der Waals surface area contributed by atoms with E-state index in [9.17, 15) is 0 Å². The lowest BCUT2D eigenvalue weighted by atomic mass is 10.0. The molecule has 282 valence electrons. The largest absolute Gasteiger partial charge is 0.254 e. The SMILES string of the molecule is c1ccc(-c2ccc(-c3cc(-c4ccc(-c5cccc(-c6nc(-c7ccccc7)nc(-c7ccc(-c8ccccc8)cc7)n6)c5)cn4)nc(-c4ccccc4)n3)cc2)cc1. The van der Waals surface area contributed by atoms with E-state index in [1.807, 2.05) is 103 Å². The van der Waals surface area contributed by atoms with E-state index >= 15 is 0 Å². The molecule has 0 saturated carbocycles. The Morgan fingerprint density at radius 2 is 0.567 bits per heavy atom. The van der Waals surface area contributed by atoms with Gasteiger partial charge in [-0.15, -0.1) is 0 Å². The minimum atomic E-state index is 0.594. The lowest BCUT2D eigenvalue weighted by molar-refractivity contribution is 1.07. The number of rotatable bonds is 9. The zero-order valence-corrected chi connectivity index (χ0v) is 32.5. The molecule has 10 rings (SSSR count). The topological polar surface area (TPSA) is 77.3 Å². The molecule has 0 amide bonds. The highest BCUT2D eigenvalue weighted by Crippen LogP contribution is 2.32. The first-order valence-electron chi connectivity index (χ1n) is 19.9. The Bertz CT molecular complexity index is 3030. The van der Waals surface area contributed by atoms with Gasteiger partial charge in [-0.05, 0) is 46.0 Å². The molecule has 3 heterocycles. The first-order valence-corrected chi connectivity index (χ1v) is 19.9. The van der Waals surface area contributed by atoms with Crippen LogP contribution >= 0.6 is 0 Å². The normalized spacial score (nSPS) is 11.0. The van der Waals surface area contributed by atoms with Gasteiger partial charge >= 0.3 is 0 Å². The molecule has 0 aliphatic carbocycles. The standard InChI is InChI=1S/C54H36N6/c1-5-14-37(15-6-1)39-24-28-41(29-25-39)49-35-50(57-51(56-49)42-18-9-3-10-19-42)48-33-32-47(36-55-48)45-22-13-23-46(34-45)54-59-52(43-20-11-4-12-21-43)58-53(60-54)44-30-26-40(27-31-44)38-16-7-2-8-17-38/h1-36H. The van der Waals surface area contributed by atoms with Crippen molar-refractivity contribution in [1.29, 1.82) is 0 Å². The summed E-state index contributed by atoms with van der Waals surface area (Å²) in [5.41, 5.74) is 13.6. The average Bonchev–Trinajstić information content (AvgIpc) is 3.35. The molecule has 0 radical (unpaired) electrons. The third kappa shape index (κ3) is 7.73. The molecule has 0 atom stereocenters. The van der Waals surface area contributed by atoms with Crippen LogP contribution in [0.3, 0.4) is 0 Å². The Labute approximate surface area is 348 Å². The van der Waals surface area contributed by atoms with Crippen LogP contribution in [-0.4, -0.2) is 29.9 Å². The summed E-state index contributed by atoms with van der Waals surface area (Å²) < 4.78 is 0. The fourth-order valence-corrected chi connectivity index (χ4v) is 7.25. The summed E-state index contributed by atoms with van der Waals surface area (Å²) >= 11 is 0. The lowest BCUT2D eigenvalue weighted by Gasteiger charge is -2.11. The van der Waals surface area contributed by atoms with Gasteiger partial charge in [0, 0.05) is 39.6 Å². The van der Waals surface area contributed by atoms with E-state index in [-0.39, 0.29) is 0 Å². The number of hydrogen-bond acceptors (Lipinski definition) is 6. The molecule has 0 saturated heterocycles. The van der Waals surface area contributed by atoms with Gasteiger partial charge < -0.3 is 0 Å². The molecule has 6 nitrogen and oxygen atoms in total. The quantitative estimate of drug-likeness (QED) is 0.145. The molecule has 0 N–H and O–H groups in total. The van der Waals surface area contributed by atoms with Gasteiger partial charge in [0.25, 0.3) is 0 Å². The van der Waals surface area contributed by atoms with Crippen molar-refractivity contribution in [2.24, 2.45) is 0 Å². The summed E-state index contributed by atoms with van der Waals surface area (Å²) in [7, 11) is 0. The molecule has 7 aromatic carbocycles. The Hall–Kier alpha value is -8.22. The van der Waals surface area contributed by atoms with Crippen molar-refractivity contribution >= 4 is 0 Å². The van der Waals surface area contributed by atoms with Gasteiger partial charge in [-0.1, -0.05) is 194 Å². The Kier molecular flexibility index (Phi) is 9.84. The highest BCUT2D eigenvalue weighted by Gasteiger charge is 2.15. The Balaban J connectivity index is 0.979. The van der Waals surface area contributed by atoms with Gasteiger partial charge in [0.05, 0.1) is 17.1 Å². The van der Waals surface area contributed by atoms with Crippen LogP contribution in [0.25, 0.3) is 102 Å². The van der Waals surface area contributed by atoms with Crippen molar-refractivity contribution in [2.75, 3.05) is 0 Å². The van der Waals surface area contributed by atoms with Crippen LogP contribution in [0.5, 0.6) is 0 Å². The molecule has 60 heavy (non-hydrogen) atoms. The van der Waals surface area contributed by atoms with Gasteiger partial charge in [-0.2, -0.15) is 0 Å². The second kappa shape index (κ2) is 16.3. The summed E-state index contributed by atoms with van der Waals surface area (Å²) in [5, 5.41) is 0. The van der Waals surface area contributed by atoms with Gasteiger partial charge in [0.15, 0.2) is 23.3 Å². The van der Waals surface area contributed by atoms with Crippen molar-refractivity contribution in [2.45, 2.75) is 0 Å². The first kappa shape index (κ1) is 36.1. The second-order valence-corrected chi connectivity index (χ2v) is 14.4. The number of hydrogen-bond donors (Lipinski definition) is 0. The number of nitrogens with zero attached hydrogens (tertiary/aromatic N) is 6. The van der Waals surface area contributed by atoms with Crippen LogP contribution in [0.4, 0.5) is 0 Å². The summed E-state index contributed by atoms with van der Waals surface area (Å²) in [6.07, 6.45) is 1.90. The van der Waals surface area contributed by atoms with Crippen LogP contribution < -0.4 is 0 Å². The highest BCUT2D eigenvalue weighted by molar-refractivity contribution is 5.76. The minimum Gasteiger partial charge on any atom is -0.254 e. The fraction of sp³-hybridized carbons (Fsp3) is 0. The molecule has 0 spiro atoms. The van der Waals surface area contributed by atoms with E-state index in [1.165, 1.54) is 5.56 Å². The van der Waals surface area contributed by atoms with Crippen LogP contribution in [0.1, 0.15) is 0 Å². The van der Waals surface area contributed by atoms with Crippen molar-refractivity contribution in [1.82, 2.24) is 29.9 Å². The fourth-order valence-electron chi connectivity index (χ4n) is 7.25. The Morgan fingerprint density at radius 3 is 1.08 bits per heavy atom. The maximum Gasteiger partial charge on any atom is 0.164 e. The molecule has 0 aliphatic rings. The van der Waals surface area contributed by atoms with Crippen molar-refractivity contribution in [3.05, 3.63) is 219 Å². The van der Waals surface area contributed by atoms with Crippen molar-refractivity contribution in [3.8, 4) is 102 Å². The van der Waals surface area contributed by atoms with Crippen molar-refractivity contribution in [3.63, 3.8) is 0 Å². The van der Waals surface area contributed by atoms with Crippen LogP contribution in [0, 0.1) is 0 Å². The van der Waals surface area contributed by atoms with E-state index in [0.29, 0.717) is 23.3 Å². The predicted octanol–water partition coefficient (Wildman–Crippen LogP) is 13.1. The lowest BCUT2D eigenvalue weighted by Crippen LogP contribution is -2.00. The van der Waals surface area contributed by atoms with E-state index < -0.39 is 0 Å². The number of pyridine rings is 1. The van der Waals surface area contributed by atoms with Gasteiger partial charge in [-0.25, -0.2) is 24.9 Å². The van der Waals surface area contributed by atoms with Crippen LogP contribution in [-0.2, 0) is 0 Å². The average molecular weight is 769 g/mol. The van der Waals surface area contributed by atoms with Gasteiger partial charge in [-0.3, -0.25) is 4.98 Å². The zero-order chi connectivity index (χ0) is 40.1. The number of benzene rings is 7. The molecule has 6 heteroatoms. The first-order chi connectivity index (χ1) is 29.7. The maximum atomic E-state index is 5.02. The van der Waals surface area contributed by atoms with E-state index in [4.69, 9.17) is 29.9 Å². The second-order valence-electron chi connectivity index (χ2n) is 14.4. The van der Waals surface area contributed by atoms with E-state index in [2.05, 4.69) is 115 Å². The van der Waals surface area contributed by atoms with Gasteiger partial charge in [0.2, 0.25) is 0 Å². The molecule has 0 unspecified atom stereocenters. The molecule has 0 fully saturated rings. The third-order valence-electron chi connectivity index (χ3n) is 10.4. The molecular formula is C54H36N6. The number of aromatic nitrogens is 6. The highest BCUT2D eigenvalue weighted by atomic mass is 15.0. The maximum absolute atomic E-state index is 5.02. The molecule has 0 aliphatic heterocycles. The van der Waals surface area contributed by atoms with Crippen LogP contribution in [0.15, 0.2) is 219 Å². The van der Waals surface area contributed by atoms with E-state index in [0.717, 1.165) is 72.7 Å². The summed E-state index contributed by atoms with van der Waals surface area (Å²) in [4.78, 5) is 29.9. The summed E-state index contributed by atoms with van der Waals surface area (Å²) in [6, 6.07) is 72.1. The smallest absolute Gasteiger partial charge is 0.164 e. The Morgan fingerprint density at radius 1 is 0.200 bits per heavy atom. The molecule has 3 aromatic heterocycles. The van der Waals surface area contributed by atoms with E-state index in [1.54, 1.807) is 0 Å². The van der Waals surface area contributed by atoms with Crippen molar-refractivity contribution < 1.29 is 0 Å². The molecule has 10 aromatic rings. The monoisotopic (exact) mass is 768 g/mol. The summed E-state index contributed by atoms with van der Waals surface area (Å²) in [5.74, 6) is 2.47. The molecular weight excluding hydrogens is 733 g/mol. The van der Waals surface area contributed by atoms with Gasteiger partial charge in [0.1, 0.15) is 0 Å².